The van der Waals surface area contributed by atoms with Crippen molar-refractivity contribution >= 4 is 22.7 Å². The van der Waals surface area contributed by atoms with Crippen LogP contribution in [0.15, 0.2) is 108 Å². The van der Waals surface area contributed by atoms with Crippen molar-refractivity contribution in [1.29, 1.82) is 0 Å². The minimum absolute atomic E-state index is 0.0161. The third-order valence-corrected chi connectivity index (χ3v) is 9.46. The van der Waals surface area contributed by atoms with E-state index < -0.39 is 12.2 Å². The number of piperidine rings is 1. The van der Waals surface area contributed by atoms with Gasteiger partial charge in [-0.25, -0.2) is 4.79 Å². The summed E-state index contributed by atoms with van der Waals surface area (Å²) in [5, 5.41) is 27.8. The Morgan fingerprint density at radius 2 is 1.58 bits per heavy atom. The Balaban J connectivity index is 0.846. The molecule has 1 atom stereocenters. The van der Waals surface area contributed by atoms with Gasteiger partial charge in [0.05, 0.1) is 17.3 Å². The summed E-state index contributed by atoms with van der Waals surface area (Å²) in [6.45, 7) is 4.01. The number of unbranched alkanes of at least 4 members (excludes halogenated alkanes) is 1. The topological polar surface area (TPSA) is 127 Å². The van der Waals surface area contributed by atoms with E-state index in [1.807, 2.05) is 54.6 Å². The van der Waals surface area contributed by atoms with E-state index in [-0.39, 0.29) is 17.4 Å². The number of ether oxygens (including phenoxy) is 1. The number of hydrogen-bond donors (Lipinski definition) is 5. The molecule has 6 rings (SSSR count). The number of aromatic hydroxyl groups is 1. The number of benzene rings is 4. The maximum absolute atomic E-state index is 12.7. The molecule has 2 heterocycles. The molecule has 9 heteroatoms. The van der Waals surface area contributed by atoms with Gasteiger partial charge in [0.25, 0.3) is 0 Å². The molecule has 1 unspecified atom stereocenters. The molecule has 5 N–H and O–H groups in total. The maximum Gasteiger partial charge on any atom is 0.411 e. The molecule has 1 aromatic heterocycles. The molecular formula is C41H46N4O5. The van der Waals surface area contributed by atoms with Crippen LogP contribution < -0.4 is 16.2 Å². The zero-order chi connectivity index (χ0) is 34.7. The predicted molar refractivity (Wildman–Crippen MR) is 199 cm³/mol. The lowest BCUT2D eigenvalue weighted by molar-refractivity contribution is 0.0585. The van der Waals surface area contributed by atoms with Gasteiger partial charge in [-0.2, -0.15) is 0 Å². The van der Waals surface area contributed by atoms with E-state index in [1.165, 1.54) is 23.3 Å². The molecule has 1 aliphatic heterocycles. The van der Waals surface area contributed by atoms with Crippen molar-refractivity contribution in [3.63, 3.8) is 0 Å². The first kappa shape index (κ1) is 34.9. The number of aliphatic hydroxyl groups is 1. The van der Waals surface area contributed by atoms with Crippen molar-refractivity contribution in [1.82, 2.24) is 15.2 Å². The normalized spacial score (nSPS) is 14.4. The van der Waals surface area contributed by atoms with E-state index in [0.29, 0.717) is 23.0 Å². The monoisotopic (exact) mass is 674 g/mol. The van der Waals surface area contributed by atoms with Gasteiger partial charge in [0, 0.05) is 36.7 Å². The second-order valence-electron chi connectivity index (χ2n) is 13.0. The Morgan fingerprint density at radius 1 is 0.860 bits per heavy atom. The van der Waals surface area contributed by atoms with Crippen LogP contribution in [0.4, 0.5) is 10.5 Å². The lowest BCUT2D eigenvalue weighted by Crippen LogP contribution is -2.38. The largest absolute Gasteiger partial charge is 0.506 e. The van der Waals surface area contributed by atoms with E-state index in [4.69, 9.17) is 4.74 Å². The van der Waals surface area contributed by atoms with Gasteiger partial charge in [0.15, 0.2) is 0 Å². The highest BCUT2D eigenvalue weighted by atomic mass is 16.6. The number of nitrogens with one attached hydrogen (secondary N) is 3. The highest BCUT2D eigenvalue weighted by molar-refractivity contribution is 5.91. The number of aliphatic hydroxyl groups excluding tert-OH is 1. The molecule has 0 aliphatic carbocycles. The van der Waals surface area contributed by atoms with Crippen molar-refractivity contribution in [3.05, 3.63) is 130 Å². The number of pyridine rings is 1. The van der Waals surface area contributed by atoms with Crippen molar-refractivity contribution in [2.75, 3.05) is 38.0 Å². The standard InChI is InChI=1S/C41H46N4O5/c46-37-19-17-34(35-18-20-39(48)44-40(35)37)38(47)28-42-24-21-30-15-13-29(14-16-30)8-6-7-25-45-26-22-32(23-27-45)50-41(49)43-36-12-5-4-11-33(36)31-9-2-1-3-10-31/h1-5,9-20,32,38,42,46-47H,6-8,21-28H2,(H,43,49)(H,44,48). The van der Waals surface area contributed by atoms with Gasteiger partial charge >= 0.3 is 6.09 Å². The van der Waals surface area contributed by atoms with Crippen LogP contribution >= 0.6 is 0 Å². The van der Waals surface area contributed by atoms with E-state index in [2.05, 4.69) is 44.8 Å². The quantitative estimate of drug-likeness (QED) is 0.0820. The summed E-state index contributed by atoms with van der Waals surface area (Å²) in [5.74, 6) is -0.0161. The number of carbonyl (C=O) groups is 1. The van der Waals surface area contributed by atoms with Crippen LogP contribution in [-0.4, -0.2) is 65.0 Å². The van der Waals surface area contributed by atoms with Crippen LogP contribution in [0.25, 0.3) is 22.0 Å². The number of amides is 1. The van der Waals surface area contributed by atoms with Crippen LogP contribution in [0.3, 0.4) is 0 Å². The molecule has 0 radical (unpaired) electrons. The lowest BCUT2D eigenvalue weighted by atomic mass is 10.0. The van der Waals surface area contributed by atoms with Crippen LogP contribution in [0.1, 0.15) is 48.5 Å². The number of fused-ring (bicyclic) bond motifs is 1. The van der Waals surface area contributed by atoms with Gasteiger partial charge < -0.3 is 30.2 Å². The van der Waals surface area contributed by atoms with Crippen molar-refractivity contribution in [3.8, 4) is 16.9 Å². The van der Waals surface area contributed by atoms with Crippen molar-refractivity contribution in [2.45, 2.75) is 50.7 Å². The van der Waals surface area contributed by atoms with Gasteiger partial charge in [-0.15, -0.1) is 0 Å². The fourth-order valence-corrected chi connectivity index (χ4v) is 6.67. The molecule has 5 aromatic rings. The first-order chi connectivity index (χ1) is 24.4. The minimum Gasteiger partial charge on any atom is -0.506 e. The summed E-state index contributed by atoms with van der Waals surface area (Å²) < 4.78 is 5.80. The maximum atomic E-state index is 12.7. The number of aryl methyl sites for hydroxylation is 1. The predicted octanol–water partition coefficient (Wildman–Crippen LogP) is 6.80. The highest BCUT2D eigenvalue weighted by Crippen LogP contribution is 2.29. The number of para-hydroxylation sites is 1. The van der Waals surface area contributed by atoms with E-state index in [9.17, 15) is 19.8 Å². The number of anilines is 1. The fourth-order valence-electron chi connectivity index (χ4n) is 6.67. The summed E-state index contributed by atoms with van der Waals surface area (Å²) >= 11 is 0. The van der Waals surface area contributed by atoms with E-state index in [0.717, 1.165) is 81.5 Å². The zero-order valence-corrected chi connectivity index (χ0v) is 28.3. The molecule has 0 bridgehead atoms. The van der Waals surface area contributed by atoms with Crippen LogP contribution in [0.5, 0.6) is 5.75 Å². The molecule has 1 fully saturated rings. The smallest absolute Gasteiger partial charge is 0.411 e. The summed E-state index contributed by atoms with van der Waals surface area (Å²) in [6.07, 6.45) is 4.60. The van der Waals surface area contributed by atoms with Crippen LogP contribution in [0, 0.1) is 0 Å². The third kappa shape index (κ3) is 9.38. The van der Waals surface area contributed by atoms with Gasteiger partial charge in [-0.3, -0.25) is 10.1 Å². The molecule has 1 aliphatic rings. The molecule has 0 saturated carbocycles. The Morgan fingerprint density at radius 3 is 2.36 bits per heavy atom. The molecule has 1 saturated heterocycles. The van der Waals surface area contributed by atoms with Crippen LogP contribution in [-0.2, 0) is 17.6 Å². The van der Waals surface area contributed by atoms with E-state index in [1.54, 1.807) is 12.1 Å². The summed E-state index contributed by atoms with van der Waals surface area (Å²) in [5.41, 5.74) is 6.05. The number of hydrogen-bond acceptors (Lipinski definition) is 7. The molecule has 50 heavy (non-hydrogen) atoms. The number of rotatable bonds is 14. The number of nitrogens with zero attached hydrogens (tertiary/aromatic N) is 1. The number of carbonyl (C=O) groups excluding carboxylic acids is 1. The lowest BCUT2D eigenvalue weighted by Gasteiger charge is -2.31. The Kier molecular flexibility index (Phi) is 11.9. The Hall–Kier alpha value is -4.96. The first-order valence-corrected chi connectivity index (χ1v) is 17.6. The summed E-state index contributed by atoms with van der Waals surface area (Å²) in [4.78, 5) is 29.5. The number of aromatic nitrogens is 1. The Bertz CT molecular complexity index is 1900. The van der Waals surface area contributed by atoms with Crippen LogP contribution in [0.2, 0.25) is 0 Å². The van der Waals surface area contributed by atoms with Gasteiger partial charge in [-0.1, -0.05) is 78.9 Å². The molecule has 4 aromatic carbocycles. The summed E-state index contributed by atoms with van der Waals surface area (Å²) in [6, 6.07) is 32.8. The summed E-state index contributed by atoms with van der Waals surface area (Å²) in [7, 11) is 0. The number of likely N-dealkylation sites (tertiary alicyclic amines) is 1. The number of phenols is 1. The van der Waals surface area contributed by atoms with Crippen molar-refractivity contribution < 1.29 is 19.7 Å². The van der Waals surface area contributed by atoms with Gasteiger partial charge in [-0.05, 0) is 92.1 Å². The zero-order valence-electron chi connectivity index (χ0n) is 28.3. The van der Waals surface area contributed by atoms with Gasteiger partial charge in [0.1, 0.15) is 11.9 Å². The SMILES string of the molecule is O=C(Nc1ccccc1-c1ccccc1)OC1CCN(CCCCc2ccc(CCNCC(O)c3ccc(O)c4[nH]c(=O)ccc34)cc2)CC1. The average Bonchev–Trinajstić information content (AvgIpc) is 3.14. The average molecular weight is 675 g/mol. The number of aromatic amines is 1. The van der Waals surface area contributed by atoms with Gasteiger partial charge in [0.2, 0.25) is 5.56 Å². The molecule has 9 nitrogen and oxygen atoms in total. The highest BCUT2D eigenvalue weighted by Gasteiger charge is 2.22. The second-order valence-corrected chi connectivity index (χ2v) is 13.0. The third-order valence-electron chi connectivity index (χ3n) is 9.46. The molecule has 260 valence electrons. The Labute approximate surface area is 292 Å². The molecule has 1 amide bonds. The number of phenolic OH excluding ortho intramolecular Hbond substituents is 1. The number of H-pyrrole nitrogens is 1. The molecular weight excluding hydrogens is 628 g/mol. The second kappa shape index (κ2) is 17.1. The fraction of sp³-hybridized carbons (Fsp3) is 0.317. The minimum atomic E-state index is -0.772. The van der Waals surface area contributed by atoms with E-state index >= 15 is 0 Å². The molecule has 0 spiro atoms. The first-order valence-electron chi connectivity index (χ1n) is 17.6. The van der Waals surface area contributed by atoms with Crippen molar-refractivity contribution in [2.24, 2.45) is 0 Å².